The van der Waals surface area contributed by atoms with Crippen LogP contribution in [-0.2, 0) is 9.53 Å². The van der Waals surface area contributed by atoms with Crippen molar-refractivity contribution in [1.82, 2.24) is 5.32 Å². The fraction of sp³-hybridized carbons (Fsp3) is 0.308. The Labute approximate surface area is 116 Å². The third-order valence-corrected chi connectivity index (χ3v) is 2.47. The lowest BCUT2D eigenvalue weighted by atomic mass is 10.1. The second kappa shape index (κ2) is 6.55. The molecule has 3 N–H and O–H groups in total. The number of aryl methyl sites for hydroxylation is 1. The maximum atomic E-state index is 12.0. The zero-order valence-corrected chi connectivity index (χ0v) is 11.4. The second-order valence-corrected chi connectivity index (χ2v) is 4.10. The molecular weight excluding hydrogens is 264 g/mol. The predicted octanol–water partition coefficient (Wildman–Crippen LogP) is 0.744. The molecule has 0 unspecified atom stereocenters. The highest BCUT2D eigenvalue weighted by Crippen LogP contribution is 2.21. The standard InChI is InChI=1S/C13H16N2O5/c1-7-4-5-10(19-3)9(6-7)12(17)20-8(2)11(16)15-13(14)18/h4-6,8H,1-3H3,(H3,14,15,16,18)/t8-/m1/s1. The maximum absolute atomic E-state index is 12.0. The number of nitrogens with one attached hydrogen (secondary N) is 1. The number of primary amides is 1. The normalized spacial score (nSPS) is 11.3. The predicted molar refractivity (Wildman–Crippen MR) is 70.3 cm³/mol. The average Bonchev–Trinajstić information content (AvgIpc) is 2.37. The first-order chi connectivity index (χ1) is 9.35. The summed E-state index contributed by atoms with van der Waals surface area (Å²) in [6.07, 6.45) is -1.15. The van der Waals surface area contributed by atoms with Gasteiger partial charge in [0.05, 0.1) is 7.11 Å². The van der Waals surface area contributed by atoms with Gasteiger partial charge >= 0.3 is 12.0 Å². The van der Waals surface area contributed by atoms with Crippen LogP contribution in [0.25, 0.3) is 0 Å². The second-order valence-electron chi connectivity index (χ2n) is 4.10. The molecule has 1 aromatic carbocycles. The van der Waals surface area contributed by atoms with Gasteiger partial charge in [0.25, 0.3) is 5.91 Å². The molecule has 0 fully saturated rings. The minimum Gasteiger partial charge on any atom is -0.496 e. The molecule has 0 aliphatic heterocycles. The molecule has 0 aliphatic carbocycles. The van der Waals surface area contributed by atoms with Crippen LogP contribution in [0.3, 0.4) is 0 Å². The molecule has 1 atom stereocenters. The molecule has 1 aromatic rings. The Bertz CT molecular complexity index is 542. The molecule has 0 saturated heterocycles. The molecular formula is C13H16N2O5. The molecule has 7 nitrogen and oxygen atoms in total. The van der Waals surface area contributed by atoms with E-state index in [1.807, 2.05) is 5.32 Å². The van der Waals surface area contributed by atoms with Crippen LogP contribution >= 0.6 is 0 Å². The van der Waals surface area contributed by atoms with Crippen LogP contribution in [0, 0.1) is 6.92 Å². The Morgan fingerprint density at radius 1 is 1.30 bits per heavy atom. The van der Waals surface area contributed by atoms with Gasteiger partial charge in [0.15, 0.2) is 6.10 Å². The largest absolute Gasteiger partial charge is 0.496 e. The zero-order valence-electron chi connectivity index (χ0n) is 11.4. The number of hydrogen-bond acceptors (Lipinski definition) is 5. The molecule has 0 bridgehead atoms. The van der Waals surface area contributed by atoms with Gasteiger partial charge in [-0.05, 0) is 26.0 Å². The number of rotatable bonds is 4. The smallest absolute Gasteiger partial charge is 0.342 e. The van der Waals surface area contributed by atoms with Crippen molar-refractivity contribution >= 4 is 17.9 Å². The van der Waals surface area contributed by atoms with E-state index in [1.54, 1.807) is 25.1 Å². The van der Waals surface area contributed by atoms with Crippen molar-refractivity contribution in [3.8, 4) is 5.75 Å². The fourth-order valence-electron chi connectivity index (χ4n) is 1.48. The number of methoxy groups -OCH3 is 1. The number of benzene rings is 1. The third kappa shape index (κ3) is 3.98. The van der Waals surface area contributed by atoms with E-state index >= 15 is 0 Å². The number of carbonyl (C=O) groups is 3. The summed E-state index contributed by atoms with van der Waals surface area (Å²) >= 11 is 0. The topological polar surface area (TPSA) is 108 Å². The summed E-state index contributed by atoms with van der Waals surface area (Å²) in [5, 5.41) is 1.83. The van der Waals surface area contributed by atoms with Gasteiger partial charge in [-0.3, -0.25) is 10.1 Å². The van der Waals surface area contributed by atoms with E-state index in [2.05, 4.69) is 0 Å². The molecule has 0 aliphatic rings. The van der Waals surface area contributed by atoms with Crippen molar-refractivity contribution in [2.45, 2.75) is 20.0 Å². The van der Waals surface area contributed by atoms with Gasteiger partial charge in [-0.25, -0.2) is 9.59 Å². The first kappa shape index (κ1) is 15.5. The lowest BCUT2D eigenvalue weighted by Gasteiger charge is -2.14. The molecule has 7 heteroatoms. The quantitative estimate of drug-likeness (QED) is 0.791. The van der Waals surface area contributed by atoms with E-state index in [-0.39, 0.29) is 5.56 Å². The summed E-state index contributed by atoms with van der Waals surface area (Å²) in [7, 11) is 1.42. The first-order valence-electron chi connectivity index (χ1n) is 5.81. The number of imide groups is 1. The van der Waals surface area contributed by atoms with E-state index in [9.17, 15) is 14.4 Å². The molecule has 108 valence electrons. The van der Waals surface area contributed by atoms with Gasteiger partial charge in [-0.2, -0.15) is 0 Å². The molecule has 0 aromatic heterocycles. The summed E-state index contributed by atoms with van der Waals surface area (Å²) in [5.74, 6) is -1.18. The Balaban J connectivity index is 2.83. The molecule has 0 heterocycles. The third-order valence-electron chi connectivity index (χ3n) is 2.47. The minimum atomic E-state index is -1.15. The van der Waals surface area contributed by atoms with Gasteiger partial charge in [0.2, 0.25) is 0 Å². The van der Waals surface area contributed by atoms with E-state index in [4.69, 9.17) is 15.2 Å². The molecule has 0 spiro atoms. The number of esters is 1. The molecule has 0 radical (unpaired) electrons. The molecule has 20 heavy (non-hydrogen) atoms. The van der Waals surface area contributed by atoms with E-state index in [1.165, 1.54) is 14.0 Å². The number of carbonyl (C=O) groups excluding carboxylic acids is 3. The summed E-state index contributed by atoms with van der Waals surface area (Å²) in [5.41, 5.74) is 5.85. The number of urea groups is 1. The number of nitrogens with two attached hydrogens (primary N) is 1. The molecule has 1 rings (SSSR count). The van der Waals surface area contributed by atoms with Crippen molar-refractivity contribution in [1.29, 1.82) is 0 Å². The van der Waals surface area contributed by atoms with Crippen molar-refractivity contribution in [2.24, 2.45) is 5.73 Å². The van der Waals surface area contributed by atoms with Crippen molar-refractivity contribution in [2.75, 3.05) is 7.11 Å². The Morgan fingerprint density at radius 2 is 1.95 bits per heavy atom. The number of hydrogen-bond donors (Lipinski definition) is 2. The molecule has 3 amide bonds. The van der Waals surface area contributed by atoms with Crippen LogP contribution in [0.4, 0.5) is 4.79 Å². The van der Waals surface area contributed by atoms with Crippen LogP contribution in [0.1, 0.15) is 22.8 Å². The van der Waals surface area contributed by atoms with Gasteiger partial charge < -0.3 is 15.2 Å². The maximum Gasteiger partial charge on any atom is 0.342 e. The van der Waals surface area contributed by atoms with Crippen LogP contribution in [-0.4, -0.2) is 31.1 Å². The average molecular weight is 280 g/mol. The number of amides is 3. The monoisotopic (exact) mass is 280 g/mol. The van der Waals surface area contributed by atoms with E-state index in [0.717, 1.165) is 5.56 Å². The SMILES string of the molecule is COc1ccc(C)cc1C(=O)O[C@H](C)C(=O)NC(N)=O. The van der Waals surface area contributed by atoms with Crippen molar-refractivity contribution < 1.29 is 23.9 Å². The van der Waals surface area contributed by atoms with E-state index < -0.39 is 24.0 Å². The van der Waals surface area contributed by atoms with Crippen LogP contribution in [0.15, 0.2) is 18.2 Å². The zero-order chi connectivity index (χ0) is 15.3. The highest BCUT2D eigenvalue weighted by molar-refractivity contribution is 5.98. The van der Waals surface area contributed by atoms with Crippen molar-refractivity contribution in [3.05, 3.63) is 29.3 Å². The Hall–Kier alpha value is -2.57. The first-order valence-corrected chi connectivity index (χ1v) is 5.81. The van der Waals surface area contributed by atoms with Gasteiger partial charge in [-0.1, -0.05) is 11.6 Å². The highest BCUT2D eigenvalue weighted by Gasteiger charge is 2.22. The number of ether oxygens (including phenoxy) is 2. The van der Waals surface area contributed by atoms with Gasteiger partial charge in [0, 0.05) is 0 Å². The lowest BCUT2D eigenvalue weighted by Crippen LogP contribution is -2.42. The van der Waals surface area contributed by atoms with Crippen LogP contribution in [0.2, 0.25) is 0 Å². The Kier molecular flexibility index (Phi) is 5.08. The molecule has 0 saturated carbocycles. The van der Waals surface area contributed by atoms with E-state index in [0.29, 0.717) is 5.75 Å². The van der Waals surface area contributed by atoms with Gasteiger partial charge in [-0.15, -0.1) is 0 Å². The van der Waals surface area contributed by atoms with Crippen LogP contribution in [0.5, 0.6) is 5.75 Å². The fourth-order valence-corrected chi connectivity index (χ4v) is 1.48. The van der Waals surface area contributed by atoms with Crippen molar-refractivity contribution in [3.63, 3.8) is 0 Å². The highest BCUT2D eigenvalue weighted by atomic mass is 16.5. The van der Waals surface area contributed by atoms with Gasteiger partial charge in [0.1, 0.15) is 11.3 Å². The Morgan fingerprint density at radius 3 is 2.50 bits per heavy atom. The van der Waals surface area contributed by atoms with Crippen LogP contribution < -0.4 is 15.8 Å². The summed E-state index contributed by atoms with van der Waals surface area (Å²) in [6, 6.07) is 3.98. The lowest BCUT2D eigenvalue weighted by molar-refractivity contribution is -0.127. The minimum absolute atomic E-state index is 0.200. The summed E-state index contributed by atoms with van der Waals surface area (Å²) in [6.45, 7) is 3.14. The summed E-state index contributed by atoms with van der Waals surface area (Å²) < 4.78 is 10.0. The summed E-state index contributed by atoms with van der Waals surface area (Å²) in [4.78, 5) is 33.9.